The highest BCUT2D eigenvalue weighted by atomic mass is 16.3. The maximum atomic E-state index is 9.42. The van der Waals surface area contributed by atoms with Crippen molar-refractivity contribution in [3.05, 3.63) is 23.8 Å². The molecule has 0 amide bonds. The molecule has 12 heavy (non-hydrogen) atoms. The summed E-state index contributed by atoms with van der Waals surface area (Å²) in [6, 6.07) is 4.83. The summed E-state index contributed by atoms with van der Waals surface area (Å²) in [5.41, 5.74) is 0.793. The van der Waals surface area contributed by atoms with Gasteiger partial charge in [-0.1, -0.05) is 0 Å². The van der Waals surface area contributed by atoms with Crippen LogP contribution in [0.1, 0.15) is 18.0 Å². The van der Waals surface area contributed by atoms with Crippen LogP contribution < -0.4 is 5.32 Å². The van der Waals surface area contributed by atoms with Crippen LogP contribution in [0.15, 0.2) is 18.2 Å². The summed E-state index contributed by atoms with van der Waals surface area (Å²) < 4.78 is 0. The van der Waals surface area contributed by atoms with E-state index >= 15 is 0 Å². The lowest BCUT2D eigenvalue weighted by Crippen LogP contribution is -2.34. The zero-order valence-corrected chi connectivity index (χ0v) is 6.62. The molecule has 0 radical (unpaired) electrons. The minimum Gasteiger partial charge on any atom is -0.508 e. The lowest BCUT2D eigenvalue weighted by atomic mass is 9.97. The zero-order valence-electron chi connectivity index (χ0n) is 6.62. The molecule has 1 aliphatic rings. The predicted molar refractivity (Wildman–Crippen MR) is 45.1 cm³/mol. The molecule has 1 unspecified atom stereocenters. The normalized spacial score (nSPS) is 21.8. The van der Waals surface area contributed by atoms with Gasteiger partial charge in [0.05, 0.1) is 0 Å². The lowest BCUT2D eigenvalue weighted by molar-refractivity contribution is 0.362. The van der Waals surface area contributed by atoms with E-state index in [9.17, 15) is 5.11 Å². The second-order valence-electron chi connectivity index (χ2n) is 3.04. The molecule has 3 N–H and O–H groups in total. The Morgan fingerprint density at radius 1 is 1.33 bits per heavy atom. The van der Waals surface area contributed by atoms with Crippen molar-refractivity contribution in [3.8, 4) is 11.5 Å². The van der Waals surface area contributed by atoms with Crippen molar-refractivity contribution in [1.82, 2.24) is 5.32 Å². The van der Waals surface area contributed by atoms with Gasteiger partial charge in [-0.3, -0.25) is 0 Å². The maximum Gasteiger partial charge on any atom is 0.120 e. The van der Waals surface area contributed by atoms with E-state index in [1.54, 1.807) is 6.07 Å². The summed E-state index contributed by atoms with van der Waals surface area (Å²) in [4.78, 5) is 0. The average Bonchev–Trinajstić information content (AvgIpc) is 1.93. The van der Waals surface area contributed by atoms with E-state index in [-0.39, 0.29) is 17.5 Å². The van der Waals surface area contributed by atoms with Crippen molar-refractivity contribution in [1.29, 1.82) is 0 Å². The Hall–Kier alpha value is -1.22. The predicted octanol–water partition coefficient (Wildman–Crippen LogP) is 1.13. The average molecular weight is 165 g/mol. The summed E-state index contributed by atoms with van der Waals surface area (Å²) in [7, 11) is 0. The highest BCUT2D eigenvalue weighted by Crippen LogP contribution is 2.32. The van der Waals surface area contributed by atoms with Gasteiger partial charge in [0, 0.05) is 11.6 Å². The SMILES string of the molecule is Oc1ccc(O)c(C2CCN2)c1. The van der Waals surface area contributed by atoms with Crippen LogP contribution in [0, 0.1) is 0 Å². The molecule has 1 aromatic carbocycles. The van der Waals surface area contributed by atoms with Gasteiger partial charge in [-0.25, -0.2) is 0 Å². The Labute approximate surface area is 70.7 Å². The van der Waals surface area contributed by atoms with E-state index in [2.05, 4.69) is 5.32 Å². The van der Waals surface area contributed by atoms with Crippen LogP contribution in [0.4, 0.5) is 0 Å². The summed E-state index contributed by atoms with van der Waals surface area (Å²) in [6.07, 6.45) is 1.02. The standard InChI is InChI=1S/C9H11NO2/c11-6-1-2-9(12)7(5-6)8-3-4-10-8/h1-2,5,8,10-12H,3-4H2. The fourth-order valence-electron chi connectivity index (χ4n) is 1.38. The van der Waals surface area contributed by atoms with Gasteiger partial charge < -0.3 is 15.5 Å². The van der Waals surface area contributed by atoms with Gasteiger partial charge in [0.1, 0.15) is 11.5 Å². The first kappa shape index (κ1) is 7.43. The Morgan fingerprint density at radius 3 is 2.67 bits per heavy atom. The number of nitrogens with one attached hydrogen (secondary N) is 1. The quantitative estimate of drug-likeness (QED) is 0.547. The van der Waals surface area contributed by atoms with Crippen LogP contribution >= 0.6 is 0 Å². The Bertz CT molecular complexity index is 295. The third-order valence-electron chi connectivity index (χ3n) is 2.21. The van der Waals surface area contributed by atoms with E-state index in [1.165, 1.54) is 12.1 Å². The molecule has 1 aromatic rings. The molecular weight excluding hydrogens is 154 g/mol. The van der Waals surface area contributed by atoms with Crippen molar-refractivity contribution in [3.63, 3.8) is 0 Å². The molecule has 0 spiro atoms. The van der Waals surface area contributed by atoms with Gasteiger partial charge in [-0.05, 0) is 31.2 Å². The fraction of sp³-hybridized carbons (Fsp3) is 0.333. The van der Waals surface area contributed by atoms with Crippen molar-refractivity contribution in [2.24, 2.45) is 0 Å². The van der Waals surface area contributed by atoms with Crippen molar-refractivity contribution >= 4 is 0 Å². The van der Waals surface area contributed by atoms with Crippen LogP contribution in [0.2, 0.25) is 0 Å². The molecule has 3 nitrogen and oxygen atoms in total. The Morgan fingerprint density at radius 2 is 2.08 bits per heavy atom. The van der Waals surface area contributed by atoms with Gasteiger partial charge >= 0.3 is 0 Å². The number of hydrogen-bond donors (Lipinski definition) is 3. The van der Waals surface area contributed by atoms with E-state index in [0.717, 1.165) is 18.5 Å². The van der Waals surface area contributed by atoms with Gasteiger partial charge in [0.15, 0.2) is 0 Å². The van der Waals surface area contributed by atoms with Gasteiger partial charge in [0.2, 0.25) is 0 Å². The number of hydrogen-bond acceptors (Lipinski definition) is 3. The highest BCUT2D eigenvalue weighted by Gasteiger charge is 2.21. The van der Waals surface area contributed by atoms with Gasteiger partial charge in [-0.2, -0.15) is 0 Å². The lowest BCUT2D eigenvalue weighted by Gasteiger charge is -2.28. The number of phenols is 2. The second kappa shape index (κ2) is 2.68. The molecule has 3 heteroatoms. The molecule has 0 aromatic heterocycles. The number of benzene rings is 1. The molecule has 1 atom stereocenters. The van der Waals surface area contributed by atoms with E-state index in [4.69, 9.17) is 5.11 Å². The molecule has 64 valence electrons. The van der Waals surface area contributed by atoms with Crippen molar-refractivity contribution < 1.29 is 10.2 Å². The van der Waals surface area contributed by atoms with Crippen LogP contribution in [0.25, 0.3) is 0 Å². The minimum absolute atomic E-state index is 0.205. The van der Waals surface area contributed by atoms with Crippen molar-refractivity contribution in [2.45, 2.75) is 12.5 Å². The first-order valence-electron chi connectivity index (χ1n) is 4.02. The summed E-state index contributed by atoms with van der Waals surface area (Å²) in [6.45, 7) is 0.986. The molecule has 0 saturated carbocycles. The number of aromatic hydroxyl groups is 2. The molecule has 1 heterocycles. The van der Waals surface area contributed by atoms with Gasteiger partial charge in [0.25, 0.3) is 0 Å². The van der Waals surface area contributed by atoms with Crippen molar-refractivity contribution in [2.75, 3.05) is 6.54 Å². The van der Waals surface area contributed by atoms with Crippen LogP contribution in [-0.2, 0) is 0 Å². The van der Waals surface area contributed by atoms with Crippen LogP contribution in [0.3, 0.4) is 0 Å². The van der Waals surface area contributed by atoms with Gasteiger partial charge in [-0.15, -0.1) is 0 Å². The molecular formula is C9H11NO2. The third-order valence-corrected chi connectivity index (χ3v) is 2.21. The fourth-order valence-corrected chi connectivity index (χ4v) is 1.38. The first-order chi connectivity index (χ1) is 5.77. The zero-order chi connectivity index (χ0) is 8.55. The summed E-state index contributed by atoms with van der Waals surface area (Å²) >= 11 is 0. The smallest absolute Gasteiger partial charge is 0.120 e. The second-order valence-corrected chi connectivity index (χ2v) is 3.04. The van der Waals surface area contributed by atoms with E-state index in [1.807, 2.05) is 0 Å². The Kier molecular flexibility index (Phi) is 1.66. The summed E-state index contributed by atoms with van der Waals surface area (Å²) in [5.74, 6) is 0.460. The van der Waals surface area contributed by atoms with E-state index in [0.29, 0.717) is 0 Å². The molecule has 1 aliphatic heterocycles. The minimum atomic E-state index is 0.205. The Balaban J connectivity index is 2.34. The largest absolute Gasteiger partial charge is 0.508 e. The highest BCUT2D eigenvalue weighted by molar-refractivity contribution is 5.41. The molecule has 2 rings (SSSR count). The number of phenolic OH excluding ortho intramolecular Hbond substituents is 2. The topological polar surface area (TPSA) is 52.5 Å². The first-order valence-corrected chi connectivity index (χ1v) is 4.02. The number of rotatable bonds is 1. The molecule has 0 aliphatic carbocycles. The summed E-state index contributed by atoms with van der Waals surface area (Å²) in [5, 5.41) is 21.7. The molecule has 1 saturated heterocycles. The van der Waals surface area contributed by atoms with E-state index < -0.39 is 0 Å². The monoisotopic (exact) mass is 165 g/mol. The van der Waals surface area contributed by atoms with Crippen LogP contribution in [-0.4, -0.2) is 16.8 Å². The van der Waals surface area contributed by atoms with Crippen LogP contribution in [0.5, 0.6) is 11.5 Å². The maximum absolute atomic E-state index is 9.42. The molecule has 1 fully saturated rings. The third kappa shape index (κ3) is 1.12. The molecule has 0 bridgehead atoms.